The lowest BCUT2D eigenvalue weighted by Gasteiger charge is -2.37. The molecule has 1 heterocycles. The van der Waals surface area contributed by atoms with Crippen LogP contribution in [-0.2, 0) is 0 Å². The molecule has 0 aliphatic heterocycles. The van der Waals surface area contributed by atoms with Crippen LogP contribution >= 0.6 is 0 Å². The van der Waals surface area contributed by atoms with Gasteiger partial charge in [-0.1, -0.05) is 0 Å². The van der Waals surface area contributed by atoms with Gasteiger partial charge in [0.05, 0.1) is 17.9 Å². The summed E-state index contributed by atoms with van der Waals surface area (Å²) in [6.45, 7) is 7.27. The number of aromatic nitrogens is 1. The average molecular weight is 238 g/mol. The minimum Gasteiger partial charge on any atom is -0.506 e. The Morgan fingerprint density at radius 2 is 2.00 bits per heavy atom. The molecule has 1 aromatic rings. The highest BCUT2D eigenvalue weighted by Crippen LogP contribution is 2.27. The van der Waals surface area contributed by atoms with Gasteiger partial charge in [-0.25, -0.2) is 4.79 Å². The van der Waals surface area contributed by atoms with Gasteiger partial charge >= 0.3 is 6.09 Å². The van der Waals surface area contributed by atoms with E-state index < -0.39 is 11.6 Å². The van der Waals surface area contributed by atoms with Crippen LogP contribution in [0.25, 0.3) is 0 Å². The normalized spacial score (nSPS) is 13.2. The fraction of sp³-hybridized carbons (Fsp3) is 0.500. The molecule has 0 aliphatic rings. The van der Waals surface area contributed by atoms with Crippen molar-refractivity contribution < 1.29 is 15.0 Å². The van der Waals surface area contributed by atoms with Crippen LogP contribution in [-0.4, -0.2) is 31.7 Å². The van der Waals surface area contributed by atoms with Gasteiger partial charge in [0.25, 0.3) is 0 Å². The molecular weight excluding hydrogens is 220 g/mol. The molecule has 0 unspecified atom stereocenters. The van der Waals surface area contributed by atoms with Gasteiger partial charge in [-0.3, -0.25) is 9.88 Å². The van der Waals surface area contributed by atoms with Crippen molar-refractivity contribution in [2.24, 2.45) is 0 Å². The molecule has 0 radical (unpaired) electrons. The number of pyridine rings is 1. The average Bonchev–Trinajstić information content (AvgIpc) is 2.15. The van der Waals surface area contributed by atoms with Crippen LogP contribution in [0.3, 0.4) is 0 Å². The predicted octanol–water partition coefficient (Wildman–Crippen LogP) is 2.63. The van der Waals surface area contributed by atoms with E-state index in [0.717, 1.165) is 0 Å². The SMILES string of the molecule is C[C@@H](c1ccc(O)cn1)N(C(=O)O)C(C)(C)C. The summed E-state index contributed by atoms with van der Waals surface area (Å²) in [4.78, 5) is 16.7. The molecule has 5 nitrogen and oxygen atoms in total. The van der Waals surface area contributed by atoms with E-state index in [2.05, 4.69) is 4.98 Å². The smallest absolute Gasteiger partial charge is 0.408 e. The summed E-state index contributed by atoms with van der Waals surface area (Å²) in [5.74, 6) is 0.0681. The lowest BCUT2D eigenvalue weighted by atomic mass is 10.0. The van der Waals surface area contributed by atoms with Crippen molar-refractivity contribution in [1.29, 1.82) is 0 Å². The van der Waals surface area contributed by atoms with Crippen molar-refractivity contribution in [1.82, 2.24) is 9.88 Å². The Balaban J connectivity index is 3.04. The standard InChI is InChI=1S/C12H18N2O3/c1-8(10-6-5-9(15)7-13-10)14(11(16)17)12(2,3)4/h5-8,15H,1-4H3,(H,16,17)/t8-/m0/s1. The highest BCUT2D eigenvalue weighted by molar-refractivity contribution is 5.66. The molecule has 1 amide bonds. The first-order chi connectivity index (χ1) is 7.73. The predicted molar refractivity (Wildman–Crippen MR) is 63.9 cm³/mol. The molecule has 5 heteroatoms. The number of amides is 1. The van der Waals surface area contributed by atoms with Crippen LogP contribution in [0.2, 0.25) is 0 Å². The van der Waals surface area contributed by atoms with Crippen molar-refractivity contribution in [3.05, 3.63) is 24.0 Å². The topological polar surface area (TPSA) is 73.7 Å². The highest BCUT2D eigenvalue weighted by atomic mass is 16.4. The van der Waals surface area contributed by atoms with Crippen LogP contribution in [0.5, 0.6) is 5.75 Å². The van der Waals surface area contributed by atoms with Crippen LogP contribution in [0.4, 0.5) is 4.79 Å². The molecule has 94 valence electrons. The van der Waals surface area contributed by atoms with E-state index in [9.17, 15) is 9.90 Å². The van der Waals surface area contributed by atoms with Gasteiger partial charge in [-0.2, -0.15) is 0 Å². The number of rotatable bonds is 2. The van der Waals surface area contributed by atoms with E-state index in [1.54, 1.807) is 13.0 Å². The Hall–Kier alpha value is -1.78. The maximum atomic E-state index is 11.3. The zero-order valence-corrected chi connectivity index (χ0v) is 10.5. The molecule has 0 bridgehead atoms. The largest absolute Gasteiger partial charge is 0.506 e. The molecule has 0 saturated carbocycles. The number of carbonyl (C=O) groups is 1. The van der Waals surface area contributed by atoms with Crippen molar-refractivity contribution >= 4 is 6.09 Å². The van der Waals surface area contributed by atoms with E-state index in [4.69, 9.17) is 5.11 Å². The van der Waals surface area contributed by atoms with Gasteiger partial charge < -0.3 is 10.2 Å². The lowest BCUT2D eigenvalue weighted by Crippen LogP contribution is -2.46. The molecule has 0 aromatic carbocycles. The van der Waals surface area contributed by atoms with Crippen molar-refractivity contribution in [2.75, 3.05) is 0 Å². The molecule has 0 saturated heterocycles. The highest BCUT2D eigenvalue weighted by Gasteiger charge is 2.32. The maximum Gasteiger partial charge on any atom is 0.408 e. The van der Waals surface area contributed by atoms with Gasteiger partial charge in [-0.05, 0) is 39.8 Å². The van der Waals surface area contributed by atoms with E-state index in [1.807, 2.05) is 20.8 Å². The Bertz CT molecular complexity index is 395. The monoisotopic (exact) mass is 238 g/mol. The summed E-state index contributed by atoms with van der Waals surface area (Å²) in [5, 5.41) is 18.4. The van der Waals surface area contributed by atoms with Gasteiger partial charge in [0.2, 0.25) is 0 Å². The summed E-state index contributed by atoms with van der Waals surface area (Å²) in [6.07, 6.45) is 0.328. The van der Waals surface area contributed by atoms with Crippen molar-refractivity contribution in [3.63, 3.8) is 0 Å². The van der Waals surface area contributed by atoms with Gasteiger partial charge in [-0.15, -0.1) is 0 Å². The van der Waals surface area contributed by atoms with E-state index in [1.165, 1.54) is 17.2 Å². The second kappa shape index (κ2) is 4.61. The fourth-order valence-electron chi connectivity index (χ4n) is 1.81. The third-order valence-electron chi connectivity index (χ3n) is 2.51. The van der Waals surface area contributed by atoms with E-state index in [0.29, 0.717) is 5.69 Å². The molecule has 17 heavy (non-hydrogen) atoms. The molecule has 0 spiro atoms. The van der Waals surface area contributed by atoms with Crippen molar-refractivity contribution in [3.8, 4) is 5.75 Å². The zero-order valence-electron chi connectivity index (χ0n) is 10.5. The van der Waals surface area contributed by atoms with E-state index in [-0.39, 0.29) is 11.8 Å². The number of hydrogen-bond donors (Lipinski definition) is 2. The van der Waals surface area contributed by atoms with Crippen molar-refractivity contribution in [2.45, 2.75) is 39.3 Å². The van der Waals surface area contributed by atoms with Crippen LogP contribution < -0.4 is 0 Å². The minimum atomic E-state index is -0.986. The molecule has 1 aromatic heterocycles. The summed E-state index contributed by atoms with van der Waals surface area (Å²) in [7, 11) is 0. The minimum absolute atomic E-state index is 0.0681. The van der Waals surface area contributed by atoms with Crippen LogP contribution in [0.1, 0.15) is 39.4 Å². The number of nitrogens with zero attached hydrogens (tertiary/aromatic N) is 2. The number of hydrogen-bond acceptors (Lipinski definition) is 3. The second-order valence-electron chi connectivity index (χ2n) is 4.94. The fourth-order valence-corrected chi connectivity index (χ4v) is 1.81. The first-order valence-electron chi connectivity index (χ1n) is 5.40. The Kier molecular flexibility index (Phi) is 3.60. The first kappa shape index (κ1) is 13.3. The van der Waals surface area contributed by atoms with E-state index >= 15 is 0 Å². The Labute approximate surface area is 101 Å². The molecule has 1 rings (SSSR count). The molecule has 1 atom stereocenters. The van der Waals surface area contributed by atoms with Gasteiger partial charge in [0.15, 0.2) is 0 Å². The number of aromatic hydroxyl groups is 1. The summed E-state index contributed by atoms with van der Waals surface area (Å²) in [6, 6.07) is 2.76. The Morgan fingerprint density at radius 1 is 1.41 bits per heavy atom. The Morgan fingerprint density at radius 3 is 2.35 bits per heavy atom. The quantitative estimate of drug-likeness (QED) is 0.830. The summed E-state index contributed by atoms with van der Waals surface area (Å²) >= 11 is 0. The first-order valence-corrected chi connectivity index (χ1v) is 5.40. The summed E-state index contributed by atoms with van der Waals surface area (Å²) < 4.78 is 0. The second-order valence-corrected chi connectivity index (χ2v) is 4.94. The van der Waals surface area contributed by atoms with Gasteiger partial charge in [0, 0.05) is 5.54 Å². The lowest BCUT2D eigenvalue weighted by molar-refractivity contribution is 0.0740. The number of carboxylic acid groups (broad SMARTS) is 1. The third-order valence-corrected chi connectivity index (χ3v) is 2.51. The molecule has 0 fully saturated rings. The third kappa shape index (κ3) is 3.09. The maximum absolute atomic E-state index is 11.3. The van der Waals surface area contributed by atoms with Crippen LogP contribution in [0, 0.1) is 0 Å². The van der Waals surface area contributed by atoms with Gasteiger partial charge in [0.1, 0.15) is 5.75 Å². The van der Waals surface area contributed by atoms with Crippen LogP contribution in [0.15, 0.2) is 18.3 Å². The molecule has 0 aliphatic carbocycles. The molecular formula is C12H18N2O3. The molecule has 2 N–H and O–H groups in total. The summed E-state index contributed by atoms with van der Waals surface area (Å²) in [5.41, 5.74) is 0.102. The zero-order chi connectivity index (χ0) is 13.2.